The molecule has 100 valence electrons. The van der Waals surface area contributed by atoms with Gasteiger partial charge >= 0.3 is 0 Å². The largest absolute Gasteiger partial charge is 0.382 e. The van der Waals surface area contributed by atoms with E-state index >= 15 is 0 Å². The average molecular weight is 250 g/mol. The first-order chi connectivity index (χ1) is 8.31. The van der Waals surface area contributed by atoms with Gasteiger partial charge < -0.3 is 5.32 Å². The summed E-state index contributed by atoms with van der Waals surface area (Å²) >= 11 is 0. The van der Waals surface area contributed by atoms with Crippen molar-refractivity contribution in [3.05, 3.63) is 33.4 Å². The van der Waals surface area contributed by atoms with Crippen LogP contribution >= 0.6 is 0 Å². The van der Waals surface area contributed by atoms with Gasteiger partial charge in [0.25, 0.3) is 5.69 Å². The molecular weight excluding hydrogens is 228 g/mol. The molecule has 0 amide bonds. The Morgan fingerprint density at radius 3 is 2.33 bits per heavy atom. The number of hydrogen-bond donors (Lipinski definition) is 1. The van der Waals surface area contributed by atoms with Crippen LogP contribution in [0.15, 0.2) is 12.1 Å². The molecular formula is C14H22N2O2. The van der Waals surface area contributed by atoms with Gasteiger partial charge in [0.2, 0.25) is 0 Å². The van der Waals surface area contributed by atoms with Crippen LogP contribution < -0.4 is 5.32 Å². The second kappa shape index (κ2) is 5.85. The number of nitrogens with one attached hydrogen (secondary N) is 1. The first-order valence-corrected chi connectivity index (χ1v) is 6.33. The Kier molecular flexibility index (Phi) is 4.70. The van der Waals surface area contributed by atoms with Crippen molar-refractivity contribution in [1.29, 1.82) is 0 Å². The lowest BCUT2D eigenvalue weighted by Gasteiger charge is -2.19. The molecule has 0 aliphatic carbocycles. The summed E-state index contributed by atoms with van der Waals surface area (Å²) < 4.78 is 0. The summed E-state index contributed by atoms with van der Waals surface area (Å²) in [5.74, 6) is 0.605. The topological polar surface area (TPSA) is 55.2 Å². The fraction of sp³-hybridized carbons (Fsp3) is 0.571. The Morgan fingerprint density at radius 1 is 1.22 bits per heavy atom. The van der Waals surface area contributed by atoms with E-state index in [1.165, 1.54) is 0 Å². The summed E-state index contributed by atoms with van der Waals surface area (Å²) in [5, 5.41) is 14.3. The molecule has 0 aromatic heterocycles. The maximum absolute atomic E-state index is 10.9. The Labute approximate surface area is 109 Å². The maximum atomic E-state index is 10.9. The van der Waals surface area contributed by atoms with Gasteiger partial charge in [-0.1, -0.05) is 13.8 Å². The van der Waals surface area contributed by atoms with E-state index in [0.717, 1.165) is 17.7 Å². The van der Waals surface area contributed by atoms with Crippen molar-refractivity contribution in [2.45, 2.75) is 47.1 Å². The molecule has 1 unspecified atom stereocenters. The van der Waals surface area contributed by atoms with E-state index in [2.05, 4.69) is 26.1 Å². The smallest absolute Gasteiger partial charge is 0.274 e. The molecule has 0 saturated carbocycles. The van der Waals surface area contributed by atoms with E-state index in [4.69, 9.17) is 0 Å². The standard InChI is InChI=1S/C14H22N2O2/c1-9(2)6-12(5)15-13-8-14(16(17)18)11(4)7-10(13)3/h7-9,12,15H,6H2,1-5H3. The summed E-state index contributed by atoms with van der Waals surface area (Å²) in [7, 11) is 0. The molecule has 0 heterocycles. The highest BCUT2D eigenvalue weighted by Crippen LogP contribution is 2.27. The number of nitro benzene ring substituents is 1. The quantitative estimate of drug-likeness (QED) is 0.633. The minimum absolute atomic E-state index is 0.180. The van der Waals surface area contributed by atoms with Crippen molar-refractivity contribution in [1.82, 2.24) is 0 Å². The fourth-order valence-corrected chi connectivity index (χ4v) is 2.22. The number of nitrogens with zero attached hydrogens (tertiary/aromatic N) is 1. The van der Waals surface area contributed by atoms with Gasteiger partial charge in [-0.25, -0.2) is 0 Å². The van der Waals surface area contributed by atoms with Crippen LogP contribution in [0.4, 0.5) is 11.4 Å². The third-order valence-corrected chi connectivity index (χ3v) is 2.97. The average Bonchev–Trinajstić information content (AvgIpc) is 2.20. The van der Waals surface area contributed by atoms with Crippen molar-refractivity contribution < 1.29 is 4.92 Å². The van der Waals surface area contributed by atoms with E-state index in [0.29, 0.717) is 17.5 Å². The molecule has 0 bridgehead atoms. The molecule has 0 aliphatic rings. The SMILES string of the molecule is Cc1cc(C)c([N+](=O)[O-])cc1NC(C)CC(C)C. The monoisotopic (exact) mass is 250 g/mol. The van der Waals surface area contributed by atoms with Crippen LogP contribution in [0.5, 0.6) is 0 Å². The number of hydrogen-bond acceptors (Lipinski definition) is 3. The van der Waals surface area contributed by atoms with Crippen LogP contribution in [0.25, 0.3) is 0 Å². The first-order valence-electron chi connectivity index (χ1n) is 6.33. The second-order valence-electron chi connectivity index (χ2n) is 5.39. The van der Waals surface area contributed by atoms with Crippen LogP contribution in [-0.2, 0) is 0 Å². The number of nitro groups is 1. The molecule has 1 aromatic rings. The van der Waals surface area contributed by atoms with Crippen LogP contribution in [0.2, 0.25) is 0 Å². The first kappa shape index (κ1) is 14.5. The molecule has 1 atom stereocenters. The minimum atomic E-state index is -0.326. The lowest BCUT2D eigenvalue weighted by molar-refractivity contribution is -0.385. The van der Waals surface area contributed by atoms with Crippen LogP contribution in [0, 0.1) is 29.9 Å². The summed E-state index contributed by atoms with van der Waals surface area (Å²) in [5.41, 5.74) is 2.80. The number of rotatable bonds is 5. The fourth-order valence-electron chi connectivity index (χ4n) is 2.22. The van der Waals surface area contributed by atoms with Crippen LogP contribution in [-0.4, -0.2) is 11.0 Å². The van der Waals surface area contributed by atoms with Gasteiger partial charge in [0.15, 0.2) is 0 Å². The van der Waals surface area contributed by atoms with Gasteiger partial charge in [-0.3, -0.25) is 10.1 Å². The van der Waals surface area contributed by atoms with E-state index in [1.807, 2.05) is 13.0 Å². The number of benzene rings is 1. The van der Waals surface area contributed by atoms with Crippen LogP contribution in [0.1, 0.15) is 38.3 Å². The van der Waals surface area contributed by atoms with E-state index < -0.39 is 0 Å². The molecule has 4 nitrogen and oxygen atoms in total. The Hall–Kier alpha value is -1.58. The predicted molar refractivity (Wildman–Crippen MR) is 75.1 cm³/mol. The third-order valence-electron chi connectivity index (χ3n) is 2.97. The molecule has 0 radical (unpaired) electrons. The minimum Gasteiger partial charge on any atom is -0.382 e. The van der Waals surface area contributed by atoms with Crippen molar-refractivity contribution in [3.63, 3.8) is 0 Å². The molecule has 1 rings (SSSR count). The highest BCUT2D eigenvalue weighted by Gasteiger charge is 2.15. The molecule has 0 aliphatic heterocycles. The van der Waals surface area contributed by atoms with Crippen molar-refractivity contribution in [2.24, 2.45) is 5.92 Å². The lowest BCUT2D eigenvalue weighted by Crippen LogP contribution is -2.18. The molecule has 4 heteroatoms. The normalized spacial score (nSPS) is 12.6. The predicted octanol–water partition coefficient (Wildman–Crippen LogP) is 4.06. The van der Waals surface area contributed by atoms with Gasteiger partial charge in [0.1, 0.15) is 0 Å². The van der Waals surface area contributed by atoms with Crippen LogP contribution in [0.3, 0.4) is 0 Å². The van der Waals surface area contributed by atoms with Crippen molar-refractivity contribution in [3.8, 4) is 0 Å². The van der Waals surface area contributed by atoms with E-state index in [1.54, 1.807) is 13.0 Å². The van der Waals surface area contributed by atoms with E-state index in [9.17, 15) is 10.1 Å². The molecule has 0 saturated heterocycles. The van der Waals surface area contributed by atoms with E-state index in [-0.39, 0.29) is 10.6 Å². The van der Waals surface area contributed by atoms with Gasteiger partial charge in [0, 0.05) is 23.4 Å². The molecule has 1 aromatic carbocycles. The van der Waals surface area contributed by atoms with Gasteiger partial charge in [-0.2, -0.15) is 0 Å². The summed E-state index contributed by atoms with van der Waals surface area (Å²) in [6.07, 6.45) is 1.04. The zero-order valence-electron chi connectivity index (χ0n) is 11.8. The maximum Gasteiger partial charge on any atom is 0.274 e. The molecule has 0 fully saturated rings. The Balaban J connectivity index is 2.95. The number of aryl methyl sites for hydroxylation is 2. The molecule has 18 heavy (non-hydrogen) atoms. The summed E-state index contributed by atoms with van der Waals surface area (Å²) in [4.78, 5) is 10.6. The lowest BCUT2D eigenvalue weighted by atomic mass is 10.0. The zero-order valence-corrected chi connectivity index (χ0v) is 11.8. The highest BCUT2D eigenvalue weighted by atomic mass is 16.6. The van der Waals surface area contributed by atoms with Gasteiger partial charge in [-0.15, -0.1) is 0 Å². The molecule has 1 N–H and O–H groups in total. The number of anilines is 1. The van der Waals surface area contributed by atoms with Crippen molar-refractivity contribution >= 4 is 11.4 Å². The Bertz CT molecular complexity index is 442. The Morgan fingerprint density at radius 2 is 1.83 bits per heavy atom. The second-order valence-corrected chi connectivity index (χ2v) is 5.39. The highest BCUT2D eigenvalue weighted by molar-refractivity contribution is 5.60. The molecule has 0 spiro atoms. The summed E-state index contributed by atoms with van der Waals surface area (Å²) in [6.45, 7) is 10.2. The van der Waals surface area contributed by atoms with Gasteiger partial charge in [-0.05, 0) is 44.7 Å². The van der Waals surface area contributed by atoms with Gasteiger partial charge in [0.05, 0.1) is 4.92 Å². The third kappa shape index (κ3) is 3.72. The zero-order chi connectivity index (χ0) is 13.9. The summed E-state index contributed by atoms with van der Waals surface area (Å²) in [6, 6.07) is 3.82. The van der Waals surface area contributed by atoms with Crippen molar-refractivity contribution in [2.75, 3.05) is 5.32 Å².